The number of benzene rings is 3. The van der Waals surface area contributed by atoms with Gasteiger partial charge in [-0.2, -0.15) is 0 Å². The number of hydrogen-bond acceptors (Lipinski definition) is 4. The molecule has 3 aromatic carbocycles. The predicted molar refractivity (Wildman–Crippen MR) is 179 cm³/mol. The Morgan fingerprint density at radius 2 is 1.61 bits per heavy atom. The molecule has 10 heteroatoms. The number of nitrogens with zero attached hydrogens (tertiary/aromatic N) is 2. The number of hydrogen-bond donors (Lipinski definition) is 1. The summed E-state index contributed by atoms with van der Waals surface area (Å²) in [7, 11) is -3.71. The molecule has 1 atom stereocenters. The van der Waals surface area contributed by atoms with Gasteiger partial charge in [0.1, 0.15) is 6.04 Å². The second-order valence-corrected chi connectivity index (χ2v) is 14.3. The number of nitrogens with one attached hydrogen (secondary N) is 1. The van der Waals surface area contributed by atoms with E-state index in [0.29, 0.717) is 11.4 Å². The first-order chi connectivity index (χ1) is 21.0. The lowest BCUT2D eigenvalue weighted by Gasteiger charge is -2.34. The molecular formula is C34H41Cl2N3O4S. The Morgan fingerprint density at radius 3 is 2.27 bits per heavy atom. The minimum absolute atomic E-state index is 0.0284. The number of halogens is 2. The van der Waals surface area contributed by atoms with E-state index in [0.717, 1.165) is 48.6 Å². The predicted octanol–water partition coefficient (Wildman–Crippen LogP) is 6.94. The molecule has 0 aromatic heterocycles. The lowest BCUT2D eigenvalue weighted by atomic mass is 9.94. The summed E-state index contributed by atoms with van der Waals surface area (Å²) in [6, 6.07) is 21.6. The molecule has 1 unspecified atom stereocenters. The summed E-state index contributed by atoms with van der Waals surface area (Å²) in [5.74, 6) is -0.388. The van der Waals surface area contributed by atoms with Gasteiger partial charge in [-0.25, -0.2) is 8.42 Å². The maximum absolute atomic E-state index is 14.1. The highest BCUT2D eigenvalue weighted by Crippen LogP contribution is 2.31. The smallest absolute Gasteiger partial charge is 0.243 e. The summed E-state index contributed by atoms with van der Waals surface area (Å²) in [6.07, 6.45) is 6.92. The van der Waals surface area contributed by atoms with Crippen LogP contribution in [0.1, 0.15) is 61.6 Å². The molecule has 0 radical (unpaired) electrons. The van der Waals surface area contributed by atoms with E-state index in [9.17, 15) is 18.0 Å². The maximum Gasteiger partial charge on any atom is 0.243 e. The van der Waals surface area contributed by atoms with Gasteiger partial charge in [0.25, 0.3) is 0 Å². The average Bonchev–Trinajstić information content (AvgIpc) is 2.99. The van der Waals surface area contributed by atoms with E-state index in [-0.39, 0.29) is 54.5 Å². The van der Waals surface area contributed by atoms with Crippen LogP contribution in [0.3, 0.4) is 0 Å². The zero-order valence-corrected chi connectivity index (χ0v) is 27.7. The molecule has 4 rings (SSSR count). The number of rotatable bonds is 13. The fraction of sp³-hybridized carbons (Fsp3) is 0.412. The second-order valence-electron chi connectivity index (χ2n) is 11.6. The molecule has 44 heavy (non-hydrogen) atoms. The molecule has 7 nitrogen and oxygen atoms in total. The first-order valence-corrected chi connectivity index (χ1v) is 17.7. The van der Waals surface area contributed by atoms with Crippen LogP contribution in [0.5, 0.6) is 0 Å². The van der Waals surface area contributed by atoms with Gasteiger partial charge in [-0.15, -0.1) is 0 Å². The van der Waals surface area contributed by atoms with E-state index in [1.54, 1.807) is 17.0 Å². The van der Waals surface area contributed by atoms with E-state index in [2.05, 4.69) is 5.32 Å². The van der Waals surface area contributed by atoms with Gasteiger partial charge in [0, 0.05) is 37.0 Å². The van der Waals surface area contributed by atoms with Crippen LogP contribution in [-0.2, 0) is 32.6 Å². The Labute approximate surface area is 271 Å². The zero-order chi connectivity index (χ0) is 31.7. The fourth-order valence-electron chi connectivity index (χ4n) is 5.65. The first kappa shape index (κ1) is 33.8. The minimum Gasteiger partial charge on any atom is -0.352 e. The van der Waals surface area contributed by atoms with E-state index in [1.165, 1.54) is 16.8 Å². The third-order valence-corrected chi connectivity index (χ3v) is 9.76. The number of aryl methyl sites for hydroxylation is 1. The highest BCUT2D eigenvalue weighted by atomic mass is 35.5. The van der Waals surface area contributed by atoms with Crippen LogP contribution in [0.4, 0.5) is 5.69 Å². The molecule has 0 saturated heterocycles. The lowest BCUT2D eigenvalue weighted by Crippen LogP contribution is -2.52. The second kappa shape index (κ2) is 15.8. The van der Waals surface area contributed by atoms with Crippen LogP contribution in [0, 0.1) is 6.92 Å². The van der Waals surface area contributed by atoms with Gasteiger partial charge in [0.05, 0.1) is 17.0 Å². The summed E-state index contributed by atoms with van der Waals surface area (Å²) in [5, 5.41) is 3.85. The van der Waals surface area contributed by atoms with Gasteiger partial charge >= 0.3 is 0 Å². The number of amides is 2. The fourth-order valence-corrected chi connectivity index (χ4v) is 7.05. The Bertz CT molecular complexity index is 1510. The van der Waals surface area contributed by atoms with Crippen molar-refractivity contribution in [2.75, 3.05) is 17.1 Å². The Hall–Kier alpha value is -3.07. The van der Waals surface area contributed by atoms with Crippen molar-refractivity contribution in [2.24, 2.45) is 0 Å². The molecule has 0 heterocycles. The maximum atomic E-state index is 14.1. The van der Waals surface area contributed by atoms with Gasteiger partial charge in [-0.1, -0.05) is 103 Å². The molecular weight excluding hydrogens is 617 g/mol. The van der Waals surface area contributed by atoms with Crippen molar-refractivity contribution in [2.45, 2.75) is 76.9 Å². The Balaban J connectivity index is 1.60. The van der Waals surface area contributed by atoms with E-state index < -0.39 is 16.1 Å². The number of carbonyl (C=O) groups excluding carboxylic acids is 2. The van der Waals surface area contributed by atoms with E-state index in [4.69, 9.17) is 23.2 Å². The number of sulfonamides is 1. The quantitative estimate of drug-likeness (QED) is 0.216. The minimum atomic E-state index is -3.71. The SMILES string of the molecule is Cc1ccc(CN(C(=O)CCCN(c2cc(Cl)ccc2Cl)S(C)(=O)=O)C(Cc2ccccc2)C(=O)NC2CCCCC2)cc1. The van der Waals surface area contributed by atoms with E-state index >= 15 is 0 Å². The van der Waals surface area contributed by atoms with Crippen molar-refractivity contribution in [3.05, 3.63) is 99.5 Å². The van der Waals surface area contributed by atoms with Crippen molar-refractivity contribution in [1.82, 2.24) is 10.2 Å². The molecule has 0 spiro atoms. The summed E-state index contributed by atoms with van der Waals surface area (Å²) < 4.78 is 26.7. The number of carbonyl (C=O) groups is 2. The molecule has 0 aliphatic heterocycles. The molecule has 2 amide bonds. The van der Waals surface area contributed by atoms with Crippen LogP contribution in [0.15, 0.2) is 72.8 Å². The molecule has 1 aliphatic rings. The van der Waals surface area contributed by atoms with Gasteiger partial charge in [-0.05, 0) is 55.5 Å². The summed E-state index contributed by atoms with van der Waals surface area (Å²) >= 11 is 12.5. The normalized spacial score (nSPS) is 14.5. The van der Waals surface area contributed by atoms with Crippen molar-refractivity contribution < 1.29 is 18.0 Å². The van der Waals surface area contributed by atoms with Crippen LogP contribution >= 0.6 is 23.2 Å². The Kier molecular flexibility index (Phi) is 12.1. The topological polar surface area (TPSA) is 86.8 Å². The van der Waals surface area contributed by atoms with Crippen molar-refractivity contribution >= 4 is 50.7 Å². The van der Waals surface area contributed by atoms with Crippen LogP contribution in [0.25, 0.3) is 0 Å². The molecule has 1 saturated carbocycles. The summed E-state index contributed by atoms with van der Waals surface area (Å²) in [4.78, 5) is 29.7. The van der Waals surface area contributed by atoms with Crippen molar-refractivity contribution in [3.8, 4) is 0 Å². The van der Waals surface area contributed by atoms with Gasteiger partial charge in [0.15, 0.2) is 0 Å². The number of anilines is 1. The van der Waals surface area contributed by atoms with Crippen LogP contribution < -0.4 is 9.62 Å². The standard InChI is InChI=1S/C34H41Cl2N3O4S/c1-25-15-17-27(18-16-25)24-38(32(22-26-10-5-3-6-11-26)34(41)37-29-12-7-4-8-13-29)33(40)14-9-21-39(44(2,42)43)31-23-28(35)19-20-30(31)36/h3,5-6,10-11,15-20,23,29,32H,4,7-9,12-14,21-22,24H2,1-2H3,(H,37,41). The van der Waals surface area contributed by atoms with Crippen LogP contribution in [0.2, 0.25) is 10.0 Å². The highest BCUT2D eigenvalue weighted by molar-refractivity contribution is 7.92. The van der Waals surface area contributed by atoms with Gasteiger partial charge in [-0.3, -0.25) is 13.9 Å². The van der Waals surface area contributed by atoms with E-state index in [1.807, 2.05) is 61.5 Å². The zero-order valence-electron chi connectivity index (χ0n) is 25.3. The molecule has 1 N–H and O–H groups in total. The third-order valence-electron chi connectivity index (χ3n) is 8.03. The molecule has 1 aliphatic carbocycles. The van der Waals surface area contributed by atoms with Crippen LogP contribution in [-0.4, -0.2) is 50.0 Å². The van der Waals surface area contributed by atoms with Gasteiger partial charge < -0.3 is 10.2 Å². The van der Waals surface area contributed by atoms with Gasteiger partial charge in [0.2, 0.25) is 21.8 Å². The average molecular weight is 659 g/mol. The monoisotopic (exact) mass is 657 g/mol. The van der Waals surface area contributed by atoms with Crippen molar-refractivity contribution in [1.29, 1.82) is 0 Å². The highest BCUT2D eigenvalue weighted by Gasteiger charge is 2.32. The molecule has 1 fully saturated rings. The molecule has 0 bridgehead atoms. The lowest BCUT2D eigenvalue weighted by molar-refractivity contribution is -0.141. The summed E-state index contributed by atoms with van der Waals surface area (Å²) in [6.45, 7) is 2.29. The molecule has 3 aromatic rings. The summed E-state index contributed by atoms with van der Waals surface area (Å²) in [5.41, 5.74) is 3.23. The molecule has 236 valence electrons. The Morgan fingerprint density at radius 1 is 0.932 bits per heavy atom. The third kappa shape index (κ3) is 9.71. The first-order valence-electron chi connectivity index (χ1n) is 15.1. The largest absolute Gasteiger partial charge is 0.352 e. The van der Waals surface area contributed by atoms with Crippen molar-refractivity contribution in [3.63, 3.8) is 0 Å².